The summed E-state index contributed by atoms with van der Waals surface area (Å²) in [6.45, 7) is 1.47. The van der Waals surface area contributed by atoms with Crippen molar-refractivity contribution in [2.24, 2.45) is 10.4 Å². The first-order chi connectivity index (χ1) is 10.2. The Kier molecular flexibility index (Phi) is 8.15. The molecule has 1 aliphatic heterocycles. The number of rotatable bonds is 13. The van der Waals surface area contributed by atoms with Gasteiger partial charge in [-0.05, 0) is 32.1 Å². The van der Waals surface area contributed by atoms with Gasteiger partial charge in [-0.15, -0.1) is 0 Å². The average Bonchev–Trinajstić information content (AvgIpc) is 2.49. The summed E-state index contributed by atoms with van der Waals surface area (Å²) < 4.78 is 0. The Morgan fingerprint density at radius 2 is 1.00 bits per heavy atom. The van der Waals surface area contributed by atoms with Crippen LogP contribution in [0.3, 0.4) is 0 Å². The van der Waals surface area contributed by atoms with Crippen LogP contribution in [0, 0.1) is 9.81 Å². The predicted octanol–water partition coefficient (Wildman–Crippen LogP) is 3.11. The molecular weight excluding hydrogens is 276 g/mol. The van der Waals surface area contributed by atoms with E-state index in [9.17, 15) is 19.4 Å². The van der Waals surface area contributed by atoms with E-state index in [1.807, 2.05) is 0 Å². The summed E-state index contributed by atoms with van der Waals surface area (Å²) >= 11 is 0. The first-order valence-corrected chi connectivity index (χ1v) is 7.43. The molecule has 0 N–H and O–H groups in total. The molecule has 0 radical (unpaired) electrons. The summed E-state index contributed by atoms with van der Waals surface area (Å²) in [6, 6.07) is -0.467. The zero-order chi connectivity index (χ0) is 15.5. The Bertz CT molecular complexity index is 359. The van der Waals surface area contributed by atoms with E-state index in [0.29, 0.717) is 32.5 Å². The van der Waals surface area contributed by atoms with Crippen LogP contribution in [0.1, 0.15) is 44.9 Å². The van der Waals surface area contributed by atoms with Crippen LogP contribution in [0.2, 0.25) is 0 Å². The van der Waals surface area contributed by atoms with E-state index in [2.05, 4.69) is 10.4 Å². The Labute approximate surface area is 123 Å². The maximum absolute atomic E-state index is 11.8. The second-order valence-electron chi connectivity index (χ2n) is 5.05. The molecule has 1 rings (SSSR count). The number of hydrogen-bond acceptors (Lipinski definition) is 6. The lowest BCUT2D eigenvalue weighted by Crippen LogP contribution is -2.64. The smallest absolute Gasteiger partial charge is 0.247 e. The molecular formula is C13H22N4O4. The second kappa shape index (κ2) is 9.95. The first-order valence-electron chi connectivity index (χ1n) is 7.43. The molecule has 0 unspecified atom stereocenters. The first kappa shape index (κ1) is 17.2. The summed E-state index contributed by atoms with van der Waals surface area (Å²) in [7, 11) is 0. The number of amides is 4. The molecule has 21 heavy (non-hydrogen) atoms. The third-order valence-corrected chi connectivity index (χ3v) is 3.44. The van der Waals surface area contributed by atoms with Gasteiger partial charge in [0.15, 0.2) is 0 Å². The molecule has 0 aromatic heterocycles. The topological polar surface area (TPSA) is 99.5 Å². The fourth-order valence-corrected chi connectivity index (χ4v) is 2.22. The van der Waals surface area contributed by atoms with Crippen LogP contribution in [0.4, 0.5) is 9.59 Å². The summed E-state index contributed by atoms with van der Waals surface area (Å²) in [5.41, 5.74) is 0. The highest BCUT2D eigenvalue weighted by Gasteiger charge is 2.42. The van der Waals surface area contributed by atoms with Gasteiger partial charge in [-0.3, -0.25) is 0 Å². The molecule has 1 saturated heterocycles. The maximum atomic E-state index is 11.8. The molecule has 0 spiro atoms. The number of nitroso groups, excluding NO2 is 2. The summed E-state index contributed by atoms with van der Waals surface area (Å²) in [4.78, 5) is 45.8. The predicted molar refractivity (Wildman–Crippen MR) is 77.8 cm³/mol. The van der Waals surface area contributed by atoms with E-state index in [1.165, 1.54) is 9.80 Å². The number of nitrogens with zero attached hydrogens (tertiary/aromatic N) is 4. The largest absolute Gasteiger partial charge is 0.336 e. The molecule has 1 heterocycles. The minimum atomic E-state index is -0.233. The normalized spacial score (nSPS) is 14.3. The van der Waals surface area contributed by atoms with Crippen molar-refractivity contribution in [2.75, 3.05) is 26.2 Å². The van der Waals surface area contributed by atoms with Crippen LogP contribution < -0.4 is 0 Å². The number of urea groups is 2. The zero-order valence-electron chi connectivity index (χ0n) is 12.2. The van der Waals surface area contributed by atoms with Gasteiger partial charge in [-0.2, -0.15) is 9.81 Å². The molecule has 118 valence electrons. The highest BCUT2D eigenvalue weighted by Crippen LogP contribution is 2.18. The van der Waals surface area contributed by atoms with Gasteiger partial charge in [0.05, 0.1) is 13.1 Å². The molecule has 0 bridgehead atoms. The van der Waals surface area contributed by atoms with E-state index in [-0.39, 0.29) is 18.6 Å². The summed E-state index contributed by atoms with van der Waals surface area (Å²) in [5.74, 6) is 0. The monoisotopic (exact) mass is 298 g/mol. The summed E-state index contributed by atoms with van der Waals surface area (Å²) in [6.07, 6.45) is 5.47. The van der Waals surface area contributed by atoms with Gasteiger partial charge in [-0.1, -0.05) is 23.2 Å². The van der Waals surface area contributed by atoms with Gasteiger partial charge in [0.1, 0.15) is 0 Å². The highest BCUT2D eigenvalue weighted by atomic mass is 16.3. The average molecular weight is 298 g/mol. The second-order valence-corrected chi connectivity index (χ2v) is 5.05. The lowest BCUT2D eigenvalue weighted by Gasteiger charge is -2.39. The molecule has 8 nitrogen and oxygen atoms in total. The van der Waals surface area contributed by atoms with Gasteiger partial charge in [-0.25, -0.2) is 19.4 Å². The van der Waals surface area contributed by atoms with Gasteiger partial charge in [0.2, 0.25) is 0 Å². The van der Waals surface area contributed by atoms with Crippen molar-refractivity contribution in [1.82, 2.24) is 9.80 Å². The van der Waals surface area contributed by atoms with E-state index in [4.69, 9.17) is 0 Å². The minimum Gasteiger partial charge on any atom is -0.247 e. The van der Waals surface area contributed by atoms with Crippen molar-refractivity contribution >= 4 is 12.1 Å². The fourth-order valence-electron chi connectivity index (χ4n) is 2.22. The van der Waals surface area contributed by atoms with Gasteiger partial charge in [0, 0.05) is 13.1 Å². The number of carbonyl (C=O) groups is 2. The highest BCUT2D eigenvalue weighted by molar-refractivity contribution is 6.11. The molecule has 0 atom stereocenters. The van der Waals surface area contributed by atoms with Crippen LogP contribution in [0.25, 0.3) is 0 Å². The van der Waals surface area contributed by atoms with Crippen molar-refractivity contribution in [2.45, 2.75) is 44.9 Å². The van der Waals surface area contributed by atoms with Crippen molar-refractivity contribution < 1.29 is 9.59 Å². The number of unbranched alkanes of at least 4 members (excludes halogenated alkanes) is 5. The van der Waals surface area contributed by atoms with Crippen molar-refractivity contribution in [3.8, 4) is 0 Å². The van der Waals surface area contributed by atoms with Gasteiger partial charge in [0.25, 0.3) is 0 Å². The van der Waals surface area contributed by atoms with Crippen molar-refractivity contribution in [3.63, 3.8) is 0 Å². The third-order valence-electron chi connectivity index (χ3n) is 3.44. The number of hydrogen-bond donors (Lipinski definition) is 0. The van der Waals surface area contributed by atoms with Crippen LogP contribution in [0.5, 0.6) is 0 Å². The molecule has 1 fully saturated rings. The van der Waals surface area contributed by atoms with Crippen molar-refractivity contribution in [1.29, 1.82) is 0 Å². The van der Waals surface area contributed by atoms with Crippen LogP contribution in [-0.4, -0.2) is 48.0 Å². The lowest BCUT2D eigenvalue weighted by molar-refractivity contribution is 0.104. The third kappa shape index (κ3) is 5.57. The number of imide groups is 2. The molecule has 0 aromatic rings. The molecule has 8 heteroatoms. The van der Waals surface area contributed by atoms with E-state index >= 15 is 0 Å². The fraction of sp³-hybridized carbons (Fsp3) is 0.846. The summed E-state index contributed by atoms with van der Waals surface area (Å²) in [5, 5.41) is 5.54. The Hall–Kier alpha value is -1.86. The Balaban J connectivity index is 2.08. The maximum Gasteiger partial charge on any atom is 0.336 e. The van der Waals surface area contributed by atoms with Crippen molar-refractivity contribution in [3.05, 3.63) is 9.81 Å². The minimum absolute atomic E-state index is 0.233. The quantitative estimate of drug-likeness (QED) is 0.385. The van der Waals surface area contributed by atoms with E-state index < -0.39 is 0 Å². The van der Waals surface area contributed by atoms with Gasteiger partial charge < -0.3 is 0 Å². The molecule has 4 amide bonds. The molecule has 0 saturated carbocycles. The molecule has 0 aliphatic carbocycles. The number of carbonyl (C=O) groups excluding carboxylic acids is 2. The van der Waals surface area contributed by atoms with Crippen LogP contribution >= 0.6 is 0 Å². The lowest BCUT2D eigenvalue weighted by atomic mass is 10.2. The van der Waals surface area contributed by atoms with E-state index in [0.717, 1.165) is 32.1 Å². The SMILES string of the molecule is O=NCCCCCCN1C(=O)N(CCCCCN=O)C1=O. The van der Waals surface area contributed by atoms with Gasteiger partial charge >= 0.3 is 12.1 Å². The van der Waals surface area contributed by atoms with Crippen LogP contribution in [0.15, 0.2) is 10.4 Å². The Morgan fingerprint density at radius 1 is 0.619 bits per heavy atom. The van der Waals surface area contributed by atoms with E-state index in [1.54, 1.807) is 0 Å². The van der Waals surface area contributed by atoms with Crippen LogP contribution in [-0.2, 0) is 0 Å². The zero-order valence-corrected chi connectivity index (χ0v) is 12.2. The standard InChI is InChI=1S/C13H22N4O4/c18-12-16(10-6-2-1-4-8-14-20)13(19)17(12)11-7-3-5-9-15-21/h1-11H2. The molecule has 1 aliphatic rings. The molecule has 0 aromatic carbocycles. The Morgan fingerprint density at radius 3 is 1.43 bits per heavy atom.